The number of hydrogen-bond acceptors (Lipinski definition) is 7. The number of nitrogens with zero attached hydrogens (tertiary/aromatic N) is 7. The molecule has 0 unspecified atom stereocenters. The molecule has 2 aromatic heterocycles. The van der Waals surface area contributed by atoms with Crippen LogP contribution < -0.4 is 14.7 Å². The van der Waals surface area contributed by atoms with E-state index in [-0.39, 0.29) is 0 Å². The van der Waals surface area contributed by atoms with Gasteiger partial charge in [0, 0.05) is 40.3 Å². The van der Waals surface area contributed by atoms with Gasteiger partial charge in [-0.05, 0) is 30.9 Å². The molecular weight excluding hydrogens is 302 g/mol. The molecule has 3 heterocycles. The second kappa shape index (κ2) is 5.89. The highest BCUT2D eigenvalue weighted by molar-refractivity contribution is 5.53. The Balaban J connectivity index is 1.42. The molecule has 4 rings (SSSR count). The SMILES string of the molecule is CN(C)c1cc(N(C)C2CN(c3cc4c(nn3)CCC4)C2)ncn1. The number of aromatic nitrogens is 4. The van der Waals surface area contributed by atoms with Gasteiger partial charge in [0.25, 0.3) is 0 Å². The maximum atomic E-state index is 4.41. The maximum absolute atomic E-state index is 4.41. The van der Waals surface area contributed by atoms with Crippen molar-refractivity contribution in [2.75, 3.05) is 48.9 Å². The Morgan fingerprint density at radius 2 is 1.79 bits per heavy atom. The number of fused-ring (bicyclic) bond motifs is 1. The van der Waals surface area contributed by atoms with E-state index >= 15 is 0 Å². The molecule has 0 amide bonds. The van der Waals surface area contributed by atoms with Crippen LogP contribution in [0.1, 0.15) is 17.7 Å². The first-order valence-corrected chi connectivity index (χ1v) is 8.44. The lowest BCUT2D eigenvalue weighted by atomic mass is 10.1. The summed E-state index contributed by atoms with van der Waals surface area (Å²) in [6.07, 6.45) is 5.06. The average Bonchev–Trinajstić information content (AvgIpc) is 3.01. The van der Waals surface area contributed by atoms with Crippen molar-refractivity contribution in [1.29, 1.82) is 0 Å². The van der Waals surface area contributed by atoms with Crippen LogP contribution in [0.5, 0.6) is 0 Å². The quantitative estimate of drug-likeness (QED) is 0.835. The van der Waals surface area contributed by atoms with Crippen LogP contribution in [0.2, 0.25) is 0 Å². The topological polar surface area (TPSA) is 61.3 Å². The minimum absolute atomic E-state index is 0.435. The van der Waals surface area contributed by atoms with Gasteiger partial charge in [0.05, 0.1) is 11.7 Å². The van der Waals surface area contributed by atoms with Gasteiger partial charge in [0.15, 0.2) is 5.82 Å². The standard InChI is InChI=1S/C17H23N7/c1-22(2)15-8-16(19-11-18-15)23(3)13-9-24(10-13)17-7-12-5-4-6-14(12)20-21-17/h7-8,11,13H,4-6,9-10H2,1-3H3. The normalized spacial score (nSPS) is 16.7. The molecule has 0 spiro atoms. The molecule has 1 fully saturated rings. The summed E-state index contributed by atoms with van der Waals surface area (Å²) in [4.78, 5) is 15.2. The predicted octanol–water partition coefficient (Wildman–Crippen LogP) is 1.15. The Hall–Kier alpha value is -2.44. The van der Waals surface area contributed by atoms with Crippen LogP contribution in [-0.4, -0.2) is 60.4 Å². The lowest BCUT2D eigenvalue weighted by Crippen LogP contribution is -2.59. The van der Waals surface area contributed by atoms with Gasteiger partial charge in [-0.2, -0.15) is 5.10 Å². The Labute approximate surface area is 142 Å². The van der Waals surface area contributed by atoms with Gasteiger partial charge in [-0.25, -0.2) is 9.97 Å². The number of likely N-dealkylation sites (N-methyl/N-ethyl adjacent to an activating group) is 1. The summed E-state index contributed by atoms with van der Waals surface area (Å²) >= 11 is 0. The largest absolute Gasteiger partial charge is 0.363 e. The third kappa shape index (κ3) is 2.64. The Bertz CT molecular complexity index is 739. The number of rotatable bonds is 4. The summed E-state index contributed by atoms with van der Waals surface area (Å²) in [5, 5.41) is 8.79. The van der Waals surface area contributed by atoms with E-state index in [0.29, 0.717) is 6.04 Å². The van der Waals surface area contributed by atoms with Gasteiger partial charge >= 0.3 is 0 Å². The van der Waals surface area contributed by atoms with Gasteiger partial charge in [-0.1, -0.05) is 0 Å². The molecule has 0 bridgehead atoms. The van der Waals surface area contributed by atoms with Crippen molar-refractivity contribution in [1.82, 2.24) is 20.2 Å². The van der Waals surface area contributed by atoms with Crippen LogP contribution in [0.25, 0.3) is 0 Å². The second-order valence-corrected chi connectivity index (χ2v) is 6.83. The third-order valence-electron chi connectivity index (χ3n) is 5.00. The minimum Gasteiger partial charge on any atom is -0.363 e. The molecule has 1 aliphatic heterocycles. The molecular formula is C17H23N7. The summed E-state index contributed by atoms with van der Waals surface area (Å²) in [5.41, 5.74) is 2.56. The number of hydrogen-bond donors (Lipinski definition) is 0. The van der Waals surface area contributed by atoms with E-state index in [1.54, 1.807) is 6.33 Å². The highest BCUT2D eigenvalue weighted by Gasteiger charge is 2.32. The zero-order chi connectivity index (χ0) is 16.7. The molecule has 0 saturated carbocycles. The van der Waals surface area contributed by atoms with Crippen LogP contribution in [-0.2, 0) is 12.8 Å². The summed E-state index contributed by atoms with van der Waals surface area (Å²) < 4.78 is 0. The van der Waals surface area contributed by atoms with Crippen LogP contribution in [0, 0.1) is 0 Å². The molecule has 7 heteroatoms. The molecule has 0 N–H and O–H groups in total. The first kappa shape index (κ1) is 15.1. The minimum atomic E-state index is 0.435. The molecule has 1 aliphatic carbocycles. The molecule has 2 aliphatic rings. The monoisotopic (exact) mass is 325 g/mol. The number of anilines is 3. The fraction of sp³-hybridized carbons (Fsp3) is 0.529. The Kier molecular flexibility index (Phi) is 3.70. The molecule has 24 heavy (non-hydrogen) atoms. The molecule has 7 nitrogen and oxygen atoms in total. The van der Waals surface area contributed by atoms with E-state index in [1.807, 2.05) is 25.1 Å². The molecule has 0 atom stereocenters. The van der Waals surface area contributed by atoms with Crippen molar-refractivity contribution in [3.05, 3.63) is 29.7 Å². The van der Waals surface area contributed by atoms with Gasteiger partial charge in [0.1, 0.15) is 18.0 Å². The average molecular weight is 325 g/mol. The van der Waals surface area contributed by atoms with Crippen LogP contribution >= 0.6 is 0 Å². The van der Waals surface area contributed by atoms with Crippen LogP contribution in [0.3, 0.4) is 0 Å². The van der Waals surface area contributed by atoms with Crippen LogP contribution in [0.15, 0.2) is 18.5 Å². The van der Waals surface area contributed by atoms with Crippen molar-refractivity contribution in [3.63, 3.8) is 0 Å². The zero-order valence-corrected chi connectivity index (χ0v) is 14.5. The summed E-state index contributed by atoms with van der Waals surface area (Å²) in [5.74, 6) is 2.89. The van der Waals surface area contributed by atoms with Crippen molar-refractivity contribution in [2.24, 2.45) is 0 Å². The van der Waals surface area contributed by atoms with E-state index in [2.05, 4.69) is 43.1 Å². The molecule has 0 radical (unpaired) electrons. The molecule has 2 aromatic rings. The van der Waals surface area contributed by atoms with Gasteiger partial charge in [-0.3, -0.25) is 0 Å². The predicted molar refractivity (Wildman–Crippen MR) is 94.8 cm³/mol. The Morgan fingerprint density at radius 1 is 1.00 bits per heavy atom. The Morgan fingerprint density at radius 3 is 2.58 bits per heavy atom. The van der Waals surface area contributed by atoms with E-state index < -0.39 is 0 Å². The van der Waals surface area contributed by atoms with Crippen molar-refractivity contribution < 1.29 is 0 Å². The van der Waals surface area contributed by atoms with Crippen LogP contribution in [0.4, 0.5) is 17.5 Å². The van der Waals surface area contributed by atoms with Gasteiger partial charge < -0.3 is 14.7 Å². The first-order chi connectivity index (χ1) is 11.6. The molecule has 0 aromatic carbocycles. The highest BCUT2D eigenvalue weighted by atomic mass is 15.4. The molecule has 126 valence electrons. The van der Waals surface area contributed by atoms with E-state index in [4.69, 9.17) is 0 Å². The lowest BCUT2D eigenvalue weighted by molar-refractivity contribution is 0.487. The van der Waals surface area contributed by atoms with Gasteiger partial charge in [-0.15, -0.1) is 5.10 Å². The summed E-state index contributed by atoms with van der Waals surface area (Å²) in [6, 6.07) is 4.68. The van der Waals surface area contributed by atoms with Gasteiger partial charge in [0.2, 0.25) is 0 Å². The summed E-state index contributed by atoms with van der Waals surface area (Å²) in [6.45, 7) is 1.90. The first-order valence-electron chi connectivity index (χ1n) is 8.44. The zero-order valence-electron chi connectivity index (χ0n) is 14.5. The fourth-order valence-electron chi connectivity index (χ4n) is 3.32. The second-order valence-electron chi connectivity index (χ2n) is 6.83. The summed E-state index contributed by atoms with van der Waals surface area (Å²) in [7, 11) is 6.07. The molecule has 1 saturated heterocycles. The van der Waals surface area contributed by atoms with E-state index in [0.717, 1.165) is 43.4 Å². The maximum Gasteiger partial charge on any atom is 0.151 e. The van der Waals surface area contributed by atoms with Crippen molar-refractivity contribution in [2.45, 2.75) is 25.3 Å². The van der Waals surface area contributed by atoms with E-state index in [9.17, 15) is 0 Å². The highest BCUT2D eigenvalue weighted by Crippen LogP contribution is 2.28. The number of aryl methyl sites for hydroxylation is 2. The third-order valence-corrected chi connectivity index (χ3v) is 5.00. The smallest absolute Gasteiger partial charge is 0.151 e. The van der Waals surface area contributed by atoms with Crippen molar-refractivity contribution in [3.8, 4) is 0 Å². The van der Waals surface area contributed by atoms with E-state index in [1.165, 1.54) is 17.7 Å². The van der Waals surface area contributed by atoms with Crippen molar-refractivity contribution >= 4 is 17.5 Å². The lowest BCUT2D eigenvalue weighted by Gasteiger charge is -2.45. The fourth-order valence-corrected chi connectivity index (χ4v) is 3.32.